The van der Waals surface area contributed by atoms with Crippen LogP contribution in [0.25, 0.3) is 0 Å². The molecule has 0 fully saturated rings. The summed E-state index contributed by atoms with van der Waals surface area (Å²) in [5, 5.41) is 0. The molecule has 0 aromatic carbocycles. The molecule has 0 bridgehead atoms. The van der Waals surface area contributed by atoms with Crippen LogP contribution in [0.15, 0.2) is 0 Å². The van der Waals surface area contributed by atoms with Gasteiger partial charge in [-0.25, -0.2) is 0 Å². The topological polar surface area (TPSA) is 43.4 Å². The second kappa shape index (κ2) is 39.7. The molecular weight excluding hydrogens is 537 g/mol. The minimum absolute atomic E-state index is 0. The van der Waals surface area contributed by atoms with E-state index in [9.17, 15) is 9.59 Å². The second-order valence-corrected chi connectivity index (χ2v) is 11.5. The monoisotopic (exact) mass is 606 g/mol. The van der Waals surface area contributed by atoms with Gasteiger partial charge in [-0.05, 0) is 12.8 Å². The SMILES string of the molecule is CCCCCCCCCCCCCCCCCC(=O)OC(=O)CCCCCCCCCCCCCCC.[Ca+2].[Ca+2].[H-].[H-].[H-].[H-]. The molecule has 0 aliphatic heterocycles. The maximum absolute atomic E-state index is 11.9. The van der Waals surface area contributed by atoms with Gasteiger partial charge < -0.3 is 10.4 Å². The fourth-order valence-corrected chi connectivity index (χ4v) is 5.16. The summed E-state index contributed by atoms with van der Waals surface area (Å²) in [6.45, 7) is 4.55. The summed E-state index contributed by atoms with van der Waals surface area (Å²) < 4.78 is 5.00. The molecule has 0 saturated carbocycles. The van der Waals surface area contributed by atoms with Gasteiger partial charge in [0.25, 0.3) is 0 Å². The van der Waals surface area contributed by atoms with Crippen molar-refractivity contribution in [3.63, 3.8) is 0 Å². The molecule has 0 rings (SSSR count). The Labute approximate surface area is 310 Å². The fraction of sp³-hybridized carbons (Fsp3) is 0.941. The quantitative estimate of drug-likeness (QED) is 0.0353. The van der Waals surface area contributed by atoms with Crippen molar-refractivity contribution < 1.29 is 20.0 Å². The van der Waals surface area contributed by atoms with E-state index in [0.717, 1.165) is 25.7 Å². The van der Waals surface area contributed by atoms with Crippen LogP contribution >= 0.6 is 0 Å². The number of hydrogen-bond donors (Lipinski definition) is 0. The first-order valence-corrected chi connectivity index (χ1v) is 16.9. The molecule has 39 heavy (non-hydrogen) atoms. The first-order valence-electron chi connectivity index (χ1n) is 16.9. The minimum atomic E-state index is -0.325. The van der Waals surface area contributed by atoms with Gasteiger partial charge in [0.2, 0.25) is 0 Å². The standard InChI is InChI=1S/C34H66O3.2Ca.4H/c1-3-5-7-9-11-13-15-17-18-20-22-24-26-28-30-32-34(36)37-33(35)31-29-27-25-23-21-19-16-14-12-10-8-6-4-2;;;;;;/h3-32H2,1-2H3;;;;;;/q;2*+2;4*-1. The Bertz CT molecular complexity index is 504. The molecule has 0 N–H and O–H groups in total. The van der Waals surface area contributed by atoms with E-state index in [1.807, 2.05) is 0 Å². The van der Waals surface area contributed by atoms with Crippen LogP contribution in [0.4, 0.5) is 0 Å². The van der Waals surface area contributed by atoms with Gasteiger partial charge in [-0.2, -0.15) is 0 Å². The number of rotatable bonds is 30. The van der Waals surface area contributed by atoms with Gasteiger partial charge in [-0.15, -0.1) is 0 Å². The molecule has 3 nitrogen and oxygen atoms in total. The Morgan fingerprint density at radius 3 is 0.744 bits per heavy atom. The third-order valence-corrected chi connectivity index (χ3v) is 7.70. The first-order chi connectivity index (χ1) is 18.2. The number of unbranched alkanes of at least 4 members (excludes halogenated alkanes) is 26. The molecule has 0 spiro atoms. The van der Waals surface area contributed by atoms with Gasteiger partial charge in [-0.1, -0.05) is 181 Å². The second-order valence-electron chi connectivity index (χ2n) is 11.5. The van der Waals surface area contributed by atoms with Gasteiger partial charge in [0.05, 0.1) is 0 Å². The predicted molar refractivity (Wildman–Crippen MR) is 177 cm³/mol. The maximum Gasteiger partial charge on any atom is 2.00 e. The van der Waals surface area contributed by atoms with Gasteiger partial charge in [-0.3, -0.25) is 9.59 Å². The summed E-state index contributed by atoms with van der Waals surface area (Å²) in [6.07, 6.45) is 37.2. The smallest absolute Gasteiger partial charge is 1.00 e. The van der Waals surface area contributed by atoms with Crippen LogP contribution in [0.5, 0.6) is 0 Å². The summed E-state index contributed by atoms with van der Waals surface area (Å²) in [5.74, 6) is -0.650. The number of hydrogen-bond acceptors (Lipinski definition) is 3. The Hall–Kier alpha value is 1.66. The van der Waals surface area contributed by atoms with Crippen LogP contribution < -0.4 is 0 Å². The third-order valence-electron chi connectivity index (χ3n) is 7.70. The molecule has 0 atom stereocenters. The summed E-state index contributed by atoms with van der Waals surface area (Å²) in [7, 11) is 0. The summed E-state index contributed by atoms with van der Waals surface area (Å²) >= 11 is 0. The van der Waals surface area contributed by atoms with Crippen LogP contribution in [-0.4, -0.2) is 87.4 Å². The Morgan fingerprint density at radius 1 is 0.359 bits per heavy atom. The molecule has 0 aromatic rings. The van der Waals surface area contributed by atoms with E-state index in [0.29, 0.717) is 12.8 Å². The van der Waals surface area contributed by atoms with Crippen LogP contribution in [0.2, 0.25) is 0 Å². The van der Waals surface area contributed by atoms with E-state index < -0.39 is 0 Å². The molecule has 0 radical (unpaired) electrons. The molecule has 228 valence electrons. The van der Waals surface area contributed by atoms with E-state index in [1.54, 1.807) is 0 Å². The van der Waals surface area contributed by atoms with Crippen LogP contribution in [0.3, 0.4) is 0 Å². The summed E-state index contributed by atoms with van der Waals surface area (Å²) in [4.78, 5) is 23.8. The molecule has 5 heteroatoms. The van der Waals surface area contributed by atoms with Crippen LogP contribution in [-0.2, 0) is 14.3 Å². The molecule has 0 aliphatic rings. The van der Waals surface area contributed by atoms with Crippen molar-refractivity contribution in [3.8, 4) is 0 Å². The van der Waals surface area contributed by atoms with E-state index in [2.05, 4.69) is 13.8 Å². The largest absolute Gasteiger partial charge is 2.00 e. The van der Waals surface area contributed by atoms with Crippen molar-refractivity contribution in [2.75, 3.05) is 0 Å². The van der Waals surface area contributed by atoms with Crippen molar-refractivity contribution in [3.05, 3.63) is 0 Å². The average Bonchev–Trinajstić information content (AvgIpc) is 2.89. The summed E-state index contributed by atoms with van der Waals surface area (Å²) in [5.41, 5.74) is 0. The van der Waals surface area contributed by atoms with Crippen molar-refractivity contribution in [2.45, 2.75) is 206 Å². The predicted octanol–water partition coefficient (Wildman–Crippen LogP) is 11.5. The number of ether oxygens (including phenoxy) is 1. The molecule has 0 saturated heterocycles. The Balaban J connectivity index is -0.000000432. The maximum atomic E-state index is 11.9. The van der Waals surface area contributed by atoms with Crippen molar-refractivity contribution >= 4 is 87.4 Å². The van der Waals surface area contributed by atoms with E-state index >= 15 is 0 Å². The number of carbonyl (C=O) groups is 2. The average molecular weight is 607 g/mol. The zero-order valence-corrected chi connectivity index (χ0v) is 31.3. The Kier molecular flexibility index (Phi) is 45.9. The van der Waals surface area contributed by atoms with Crippen molar-refractivity contribution in [2.24, 2.45) is 0 Å². The van der Waals surface area contributed by atoms with Gasteiger partial charge in [0, 0.05) is 12.8 Å². The molecule has 0 aromatic heterocycles. The minimum Gasteiger partial charge on any atom is -1.00 e. The zero-order chi connectivity index (χ0) is 27.1. The third kappa shape index (κ3) is 39.7. The zero-order valence-electron chi connectivity index (χ0n) is 30.9. The van der Waals surface area contributed by atoms with Crippen molar-refractivity contribution in [1.82, 2.24) is 0 Å². The number of esters is 2. The summed E-state index contributed by atoms with van der Waals surface area (Å²) in [6, 6.07) is 0. The van der Waals surface area contributed by atoms with Crippen molar-refractivity contribution in [1.29, 1.82) is 0 Å². The van der Waals surface area contributed by atoms with E-state index in [1.165, 1.54) is 154 Å². The molecule has 0 aliphatic carbocycles. The van der Waals surface area contributed by atoms with Gasteiger partial charge in [0.15, 0.2) is 0 Å². The van der Waals surface area contributed by atoms with E-state index in [-0.39, 0.29) is 93.1 Å². The molecule has 0 unspecified atom stereocenters. The molecular formula is C34H70Ca2O3. The van der Waals surface area contributed by atoms with Crippen LogP contribution in [0, 0.1) is 0 Å². The van der Waals surface area contributed by atoms with E-state index in [4.69, 9.17) is 4.74 Å². The first kappa shape index (κ1) is 45.1. The fourth-order valence-electron chi connectivity index (χ4n) is 5.16. The Morgan fingerprint density at radius 2 is 0.538 bits per heavy atom. The normalized spacial score (nSPS) is 10.6. The van der Waals surface area contributed by atoms with Gasteiger partial charge in [0.1, 0.15) is 0 Å². The van der Waals surface area contributed by atoms with Gasteiger partial charge >= 0.3 is 87.4 Å². The number of carbonyl (C=O) groups excluding carboxylic acids is 2. The molecule has 0 heterocycles. The van der Waals surface area contributed by atoms with Crippen LogP contribution in [0.1, 0.15) is 212 Å². The molecule has 0 amide bonds.